The van der Waals surface area contributed by atoms with Crippen LogP contribution in [0.15, 0.2) is 5.11 Å². The maximum absolute atomic E-state index is 13.1. The van der Waals surface area contributed by atoms with Crippen molar-refractivity contribution in [1.82, 2.24) is 4.90 Å². The summed E-state index contributed by atoms with van der Waals surface area (Å²) in [4.78, 5) is 14.9. The molecule has 6 nitrogen and oxygen atoms in total. The Kier molecular flexibility index (Phi) is 4.03. The fourth-order valence-corrected chi connectivity index (χ4v) is 1.71. The molecule has 0 aromatic carbocycles. The molecule has 8 heteroatoms. The fraction of sp³-hybridized carbons (Fsp3) is 0.875. The van der Waals surface area contributed by atoms with Crippen molar-refractivity contribution in [3.8, 4) is 0 Å². The Bertz CT molecular complexity index is 317. The summed E-state index contributed by atoms with van der Waals surface area (Å²) in [6, 6.07) is -0.651. The van der Waals surface area contributed by atoms with Gasteiger partial charge < -0.3 is 9.64 Å². The van der Waals surface area contributed by atoms with E-state index in [1.807, 2.05) is 0 Å². The first-order valence-electron chi connectivity index (χ1n) is 4.67. The second-order valence-electron chi connectivity index (χ2n) is 3.58. The van der Waals surface area contributed by atoms with Crippen molar-refractivity contribution in [3.05, 3.63) is 10.4 Å². The van der Waals surface area contributed by atoms with Crippen molar-refractivity contribution in [2.45, 2.75) is 18.4 Å². The second-order valence-corrected chi connectivity index (χ2v) is 3.58. The highest BCUT2D eigenvalue weighted by Crippen LogP contribution is 2.32. The number of amides is 1. The minimum absolute atomic E-state index is 0.0532. The molecule has 0 bridgehead atoms. The van der Waals surface area contributed by atoms with Gasteiger partial charge in [-0.05, 0) is 5.53 Å². The number of ether oxygens (including phenoxy) is 1. The molecule has 1 amide bonds. The molecular weight excluding hydrogens is 222 g/mol. The van der Waals surface area contributed by atoms with Gasteiger partial charge in [0.25, 0.3) is 5.92 Å². The van der Waals surface area contributed by atoms with Crippen LogP contribution in [-0.4, -0.2) is 49.6 Å². The van der Waals surface area contributed by atoms with Gasteiger partial charge in [0.2, 0.25) is 5.91 Å². The zero-order valence-electron chi connectivity index (χ0n) is 8.77. The van der Waals surface area contributed by atoms with Crippen LogP contribution in [0.25, 0.3) is 10.4 Å². The number of azide groups is 1. The van der Waals surface area contributed by atoms with Crippen molar-refractivity contribution >= 4 is 5.91 Å². The number of likely N-dealkylation sites (tertiary alicyclic amines) is 1. The van der Waals surface area contributed by atoms with Gasteiger partial charge in [-0.2, -0.15) is 0 Å². The molecule has 1 aliphatic rings. The van der Waals surface area contributed by atoms with Crippen molar-refractivity contribution in [3.63, 3.8) is 0 Å². The van der Waals surface area contributed by atoms with E-state index < -0.39 is 37.4 Å². The van der Waals surface area contributed by atoms with Gasteiger partial charge in [-0.25, -0.2) is 8.78 Å². The molecule has 1 aliphatic heterocycles. The average Bonchev–Trinajstić information content (AvgIpc) is 2.51. The van der Waals surface area contributed by atoms with Crippen molar-refractivity contribution in [2.75, 3.05) is 26.8 Å². The molecule has 16 heavy (non-hydrogen) atoms. The Morgan fingerprint density at radius 1 is 1.75 bits per heavy atom. The molecular formula is C8H12F2N4O2. The minimum atomic E-state index is -2.89. The lowest BCUT2D eigenvalue weighted by molar-refractivity contribution is -0.132. The summed E-state index contributed by atoms with van der Waals surface area (Å²) in [7, 11) is 1.38. The number of hydrogen-bond donors (Lipinski definition) is 0. The quantitative estimate of drug-likeness (QED) is 0.416. The van der Waals surface area contributed by atoms with Crippen LogP contribution in [0.5, 0.6) is 0 Å². The maximum Gasteiger partial charge on any atom is 0.267 e. The van der Waals surface area contributed by atoms with E-state index >= 15 is 0 Å². The van der Waals surface area contributed by atoms with E-state index in [2.05, 4.69) is 10.0 Å². The van der Waals surface area contributed by atoms with Gasteiger partial charge in [-0.15, -0.1) is 0 Å². The van der Waals surface area contributed by atoms with E-state index in [0.717, 1.165) is 4.90 Å². The second kappa shape index (κ2) is 5.09. The summed E-state index contributed by atoms with van der Waals surface area (Å²) < 4.78 is 31.0. The highest BCUT2D eigenvalue weighted by atomic mass is 19.3. The number of hydrogen-bond acceptors (Lipinski definition) is 3. The van der Waals surface area contributed by atoms with Crippen LogP contribution < -0.4 is 0 Å². The largest absolute Gasteiger partial charge is 0.383 e. The van der Waals surface area contributed by atoms with Crippen molar-refractivity contribution in [1.29, 1.82) is 0 Å². The Balaban J connectivity index is 2.68. The minimum Gasteiger partial charge on any atom is -0.383 e. The van der Waals surface area contributed by atoms with E-state index in [9.17, 15) is 13.6 Å². The van der Waals surface area contributed by atoms with E-state index in [-0.39, 0.29) is 6.61 Å². The van der Waals surface area contributed by atoms with Gasteiger partial charge in [0, 0.05) is 18.4 Å². The Morgan fingerprint density at radius 3 is 3.00 bits per heavy atom. The Hall–Kier alpha value is -1.40. The SMILES string of the molecule is COC[C@H]1CC(F)(F)CN1C(=O)CN=[N+]=[N-]. The molecule has 1 rings (SSSR count). The predicted molar refractivity (Wildman–Crippen MR) is 51.0 cm³/mol. The van der Waals surface area contributed by atoms with Gasteiger partial charge in [0.15, 0.2) is 0 Å². The summed E-state index contributed by atoms with van der Waals surface area (Å²) in [6.07, 6.45) is -0.414. The number of carbonyl (C=O) groups excluding carboxylic acids is 1. The average molecular weight is 234 g/mol. The third kappa shape index (κ3) is 3.04. The number of rotatable bonds is 4. The topological polar surface area (TPSA) is 78.3 Å². The number of carbonyl (C=O) groups is 1. The lowest BCUT2D eigenvalue weighted by atomic mass is 10.2. The first-order chi connectivity index (χ1) is 7.50. The lowest BCUT2D eigenvalue weighted by Gasteiger charge is -2.22. The smallest absolute Gasteiger partial charge is 0.267 e. The van der Waals surface area contributed by atoms with E-state index in [4.69, 9.17) is 10.3 Å². The monoisotopic (exact) mass is 234 g/mol. The van der Waals surface area contributed by atoms with Crippen LogP contribution in [0.1, 0.15) is 6.42 Å². The molecule has 1 atom stereocenters. The van der Waals surface area contributed by atoms with Gasteiger partial charge in [-0.1, -0.05) is 5.11 Å². The van der Waals surface area contributed by atoms with Crippen LogP contribution >= 0.6 is 0 Å². The first-order valence-corrected chi connectivity index (χ1v) is 4.67. The lowest BCUT2D eigenvalue weighted by Crippen LogP contribution is -2.39. The molecule has 0 spiro atoms. The van der Waals surface area contributed by atoms with Crippen LogP contribution in [0.3, 0.4) is 0 Å². The third-order valence-electron chi connectivity index (χ3n) is 2.33. The molecule has 0 N–H and O–H groups in total. The molecule has 0 radical (unpaired) electrons. The molecule has 0 aromatic heterocycles. The Morgan fingerprint density at radius 2 is 2.44 bits per heavy atom. The van der Waals surface area contributed by atoms with E-state index in [1.165, 1.54) is 7.11 Å². The molecule has 1 heterocycles. The fourth-order valence-electron chi connectivity index (χ4n) is 1.71. The summed E-state index contributed by atoms with van der Waals surface area (Å²) in [5, 5.41) is 3.06. The summed E-state index contributed by atoms with van der Waals surface area (Å²) >= 11 is 0. The van der Waals surface area contributed by atoms with Gasteiger partial charge in [0.05, 0.1) is 19.2 Å². The standard InChI is InChI=1S/C8H12F2N4O2/c1-16-4-6-2-8(9,10)5-14(6)7(15)3-12-13-11/h6H,2-5H2,1H3/t6-/m1/s1. The molecule has 0 unspecified atom stereocenters. The normalized spacial score (nSPS) is 22.9. The molecule has 0 aliphatic carbocycles. The van der Waals surface area contributed by atoms with Gasteiger partial charge >= 0.3 is 0 Å². The summed E-state index contributed by atoms with van der Waals surface area (Å²) in [5.41, 5.74) is 8.04. The molecule has 1 saturated heterocycles. The molecule has 90 valence electrons. The highest BCUT2D eigenvalue weighted by molar-refractivity contribution is 5.79. The van der Waals surface area contributed by atoms with Crippen LogP contribution in [0.4, 0.5) is 8.78 Å². The van der Waals surface area contributed by atoms with Crippen LogP contribution in [0, 0.1) is 0 Å². The van der Waals surface area contributed by atoms with Crippen LogP contribution in [-0.2, 0) is 9.53 Å². The van der Waals surface area contributed by atoms with Crippen molar-refractivity contribution in [2.24, 2.45) is 5.11 Å². The zero-order chi connectivity index (χ0) is 12.2. The maximum atomic E-state index is 13.1. The molecule has 0 aromatic rings. The molecule has 1 fully saturated rings. The number of nitrogens with zero attached hydrogens (tertiary/aromatic N) is 4. The van der Waals surface area contributed by atoms with E-state index in [1.54, 1.807) is 0 Å². The summed E-state index contributed by atoms with van der Waals surface area (Å²) in [6.45, 7) is -1.02. The Labute approximate surface area is 90.8 Å². The number of alkyl halides is 2. The predicted octanol–water partition coefficient (Wildman–Crippen LogP) is 1.18. The first kappa shape index (κ1) is 12.7. The van der Waals surface area contributed by atoms with Gasteiger partial charge in [0.1, 0.15) is 6.54 Å². The number of methoxy groups -OCH3 is 1. The molecule has 0 saturated carbocycles. The zero-order valence-corrected chi connectivity index (χ0v) is 8.77. The highest BCUT2D eigenvalue weighted by Gasteiger charge is 2.46. The van der Waals surface area contributed by atoms with Crippen LogP contribution in [0.2, 0.25) is 0 Å². The summed E-state index contributed by atoms with van der Waals surface area (Å²) in [5.74, 6) is -3.49. The third-order valence-corrected chi connectivity index (χ3v) is 2.33. The number of halogens is 2. The van der Waals surface area contributed by atoms with E-state index in [0.29, 0.717) is 0 Å². The van der Waals surface area contributed by atoms with Gasteiger partial charge in [-0.3, -0.25) is 4.79 Å². The van der Waals surface area contributed by atoms with Crippen molar-refractivity contribution < 1.29 is 18.3 Å².